The smallest absolute Gasteiger partial charge is 0.343 e. The van der Waals surface area contributed by atoms with Gasteiger partial charge in [-0.1, -0.05) is 0 Å². The van der Waals surface area contributed by atoms with Crippen LogP contribution in [0.1, 0.15) is 0 Å². The average molecular weight is 252 g/mol. The van der Waals surface area contributed by atoms with Crippen LogP contribution < -0.4 is 5.73 Å². The number of hydrogen-bond acceptors (Lipinski definition) is 7. The van der Waals surface area contributed by atoms with E-state index in [4.69, 9.17) is 5.73 Å². The standard InChI is InChI=1S/C8H8N6O2S/c1-13-3-2-10-8(13)17-7-5(14(15)16)6(9)11-4-12-7/h2-4H,1H3,(H2,9,11,12). The Kier molecular flexibility index (Phi) is 2.91. The maximum Gasteiger partial charge on any atom is 0.343 e. The van der Waals surface area contributed by atoms with Crippen LogP contribution in [0.5, 0.6) is 0 Å². The quantitative estimate of drug-likeness (QED) is 0.489. The van der Waals surface area contributed by atoms with E-state index in [-0.39, 0.29) is 16.5 Å². The molecular weight excluding hydrogens is 244 g/mol. The molecule has 0 saturated carbocycles. The summed E-state index contributed by atoms with van der Waals surface area (Å²) < 4.78 is 1.73. The van der Waals surface area contributed by atoms with Gasteiger partial charge in [0.1, 0.15) is 6.33 Å². The minimum absolute atomic E-state index is 0.151. The second kappa shape index (κ2) is 4.37. The van der Waals surface area contributed by atoms with Crippen molar-refractivity contribution in [1.82, 2.24) is 19.5 Å². The van der Waals surface area contributed by atoms with E-state index in [2.05, 4.69) is 15.0 Å². The molecule has 0 atom stereocenters. The number of nitro groups is 1. The van der Waals surface area contributed by atoms with E-state index in [1.54, 1.807) is 24.0 Å². The second-order valence-electron chi connectivity index (χ2n) is 3.09. The van der Waals surface area contributed by atoms with Crippen LogP contribution in [-0.4, -0.2) is 24.4 Å². The van der Waals surface area contributed by atoms with E-state index in [0.29, 0.717) is 5.16 Å². The first-order valence-electron chi connectivity index (χ1n) is 4.49. The molecule has 0 unspecified atom stereocenters. The van der Waals surface area contributed by atoms with Crippen LogP contribution in [0.3, 0.4) is 0 Å². The minimum Gasteiger partial charge on any atom is -0.378 e. The fourth-order valence-electron chi connectivity index (χ4n) is 1.16. The number of anilines is 1. The highest BCUT2D eigenvalue weighted by Crippen LogP contribution is 2.34. The van der Waals surface area contributed by atoms with Crippen molar-refractivity contribution >= 4 is 23.3 Å². The fourth-order valence-corrected chi connectivity index (χ4v) is 2.03. The lowest BCUT2D eigenvalue weighted by Crippen LogP contribution is -2.02. The molecule has 9 heteroatoms. The molecule has 2 heterocycles. The summed E-state index contributed by atoms with van der Waals surface area (Å²) in [5, 5.41) is 11.6. The monoisotopic (exact) mass is 252 g/mol. The molecule has 0 aliphatic carbocycles. The third-order valence-corrected chi connectivity index (χ3v) is 3.03. The lowest BCUT2D eigenvalue weighted by Gasteiger charge is -2.02. The number of aromatic nitrogens is 4. The summed E-state index contributed by atoms with van der Waals surface area (Å²) in [5.41, 5.74) is 5.16. The fraction of sp³-hybridized carbons (Fsp3) is 0.125. The maximum atomic E-state index is 10.9. The number of rotatable bonds is 3. The van der Waals surface area contributed by atoms with Crippen molar-refractivity contribution in [1.29, 1.82) is 0 Å². The average Bonchev–Trinajstić information content (AvgIpc) is 2.64. The molecule has 0 fully saturated rings. The maximum absolute atomic E-state index is 10.9. The van der Waals surface area contributed by atoms with Gasteiger partial charge < -0.3 is 10.3 Å². The van der Waals surface area contributed by atoms with Crippen molar-refractivity contribution in [3.05, 3.63) is 28.8 Å². The first-order valence-corrected chi connectivity index (χ1v) is 5.31. The predicted octanol–water partition coefficient (Wildman–Crippen LogP) is 0.852. The Hall–Kier alpha value is -2.16. The summed E-state index contributed by atoms with van der Waals surface area (Å²) in [6.07, 6.45) is 4.52. The zero-order valence-electron chi connectivity index (χ0n) is 8.77. The molecule has 0 aliphatic heterocycles. The SMILES string of the molecule is Cn1ccnc1Sc1ncnc(N)c1[N+](=O)[O-]. The summed E-state index contributed by atoms with van der Waals surface area (Å²) in [5.74, 6) is -0.151. The minimum atomic E-state index is -0.597. The van der Waals surface area contributed by atoms with Crippen LogP contribution >= 0.6 is 11.8 Å². The number of imidazole rings is 1. The molecule has 0 aliphatic rings. The van der Waals surface area contributed by atoms with Gasteiger partial charge in [-0.05, 0) is 11.8 Å². The molecule has 0 radical (unpaired) electrons. The Morgan fingerprint density at radius 3 is 2.82 bits per heavy atom. The van der Waals surface area contributed by atoms with Crippen molar-refractivity contribution in [3.63, 3.8) is 0 Å². The molecule has 0 saturated heterocycles. The number of hydrogen-bond donors (Lipinski definition) is 1. The second-order valence-corrected chi connectivity index (χ2v) is 4.05. The van der Waals surface area contributed by atoms with Gasteiger partial charge in [0, 0.05) is 19.4 Å². The molecule has 2 rings (SSSR count). The number of nitrogens with two attached hydrogens (primary N) is 1. The van der Waals surface area contributed by atoms with E-state index in [0.717, 1.165) is 11.8 Å². The highest BCUT2D eigenvalue weighted by Gasteiger charge is 2.22. The van der Waals surface area contributed by atoms with Gasteiger partial charge in [0.25, 0.3) is 0 Å². The van der Waals surface area contributed by atoms with Crippen molar-refractivity contribution in [2.75, 3.05) is 5.73 Å². The van der Waals surface area contributed by atoms with Crippen LogP contribution in [0.15, 0.2) is 28.9 Å². The van der Waals surface area contributed by atoms with Crippen LogP contribution in [0, 0.1) is 10.1 Å². The topological polar surface area (TPSA) is 113 Å². The Bertz CT molecular complexity index is 569. The van der Waals surface area contributed by atoms with E-state index < -0.39 is 4.92 Å². The van der Waals surface area contributed by atoms with Gasteiger partial charge in [-0.15, -0.1) is 0 Å². The van der Waals surface area contributed by atoms with E-state index in [1.165, 1.54) is 6.33 Å². The molecule has 88 valence electrons. The van der Waals surface area contributed by atoms with E-state index >= 15 is 0 Å². The van der Waals surface area contributed by atoms with Crippen LogP contribution in [0.2, 0.25) is 0 Å². The largest absolute Gasteiger partial charge is 0.378 e. The zero-order valence-corrected chi connectivity index (χ0v) is 9.59. The van der Waals surface area contributed by atoms with Crippen LogP contribution in [0.25, 0.3) is 0 Å². The molecule has 2 aromatic rings. The molecule has 0 amide bonds. The van der Waals surface area contributed by atoms with Gasteiger partial charge in [0.15, 0.2) is 10.2 Å². The summed E-state index contributed by atoms with van der Waals surface area (Å²) in [4.78, 5) is 21.8. The van der Waals surface area contributed by atoms with Crippen molar-refractivity contribution in [2.24, 2.45) is 7.05 Å². The van der Waals surface area contributed by atoms with E-state index in [1.807, 2.05) is 0 Å². The van der Waals surface area contributed by atoms with Gasteiger partial charge >= 0.3 is 5.69 Å². The zero-order chi connectivity index (χ0) is 12.4. The van der Waals surface area contributed by atoms with Crippen LogP contribution in [-0.2, 0) is 7.05 Å². The third kappa shape index (κ3) is 2.18. The molecular formula is C8H8N6O2S. The number of nitrogens with zero attached hydrogens (tertiary/aromatic N) is 5. The van der Waals surface area contributed by atoms with Gasteiger partial charge in [0.05, 0.1) is 4.92 Å². The lowest BCUT2D eigenvalue weighted by molar-refractivity contribution is -0.387. The third-order valence-electron chi connectivity index (χ3n) is 1.96. The highest BCUT2D eigenvalue weighted by molar-refractivity contribution is 7.99. The molecule has 0 spiro atoms. The highest BCUT2D eigenvalue weighted by atomic mass is 32.2. The van der Waals surface area contributed by atoms with Crippen LogP contribution in [0.4, 0.5) is 11.5 Å². The van der Waals surface area contributed by atoms with Crippen molar-refractivity contribution in [3.8, 4) is 0 Å². The summed E-state index contributed by atoms with van der Waals surface area (Å²) in [6, 6.07) is 0. The Labute approximate surface area is 100 Å². The molecule has 8 nitrogen and oxygen atoms in total. The van der Waals surface area contributed by atoms with Gasteiger partial charge in [-0.25, -0.2) is 15.0 Å². The van der Waals surface area contributed by atoms with E-state index in [9.17, 15) is 10.1 Å². The number of nitrogen functional groups attached to an aromatic ring is 1. The Balaban J connectivity index is 2.43. The molecule has 2 aromatic heterocycles. The normalized spacial score (nSPS) is 10.4. The van der Waals surface area contributed by atoms with Gasteiger partial charge in [0.2, 0.25) is 5.82 Å². The molecule has 2 N–H and O–H groups in total. The number of aryl methyl sites for hydroxylation is 1. The Morgan fingerprint density at radius 1 is 1.47 bits per heavy atom. The Morgan fingerprint density at radius 2 is 2.24 bits per heavy atom. The molecule has 0 bridgehead atoms. The first kappa shape index (κ1) is 11.3. The first-order chi connectivity index (χ1) is 8.09. The van der Waals surface area contributed by atoms with Gasteiger partial charge in [-0.2, -0.15) is 0 Å². The molecule has 17 heavy (non-hydrogen) atoms. The lowest BCUT2D eigenvalue weighted by atomic mass is 10.5. The molecule has 0 aromatic carbocycles. The summed E-state index contributed by atoms with van der Waals surface area (Å²) in [7, 11) is 1.78. The van der Waals surface area contributed by atoms with Crippen molar-refractivity contribution < 1.29 is 4.92 Å². The summed E-state index contributed by atoms with van der Waals surface area (Å²) >= 11 is 1.07. The van der Waals surface area contributed by atoms with Crippen molar-refractivity contribution in [2.45, 2.75) is 10.2 Å². The predicted molar refractivity (Wildman–Crippen MR) is 60.4 cm³/mol. The summed E-state index contributed by atoms with van der Waals surface area (Å²) in [6.45, 7) is 0. The van der Waals surface area contributed by atoms with Gasteiger partial charge in [-0.3, -0.25) is 10.1 Å².